The molecule has 0 bridgehead atoms. The number of hydrogen-bond acceptors (Lipinski definition) is 11. The van der Waals surface area contributed by atoms with Crippen molar-refractivity contribution in [3.8, 4) is 11.5 Å². The zero-order chi connectivity index (χ0) is 30.2. The highest BCUT2D eigenvalue weighted by Gasteiger charge is 2.20. The van der Waals surface area contributed by atoms with E-state index in [2.05, 4.69) is 20.5 Å². The Bertz CT molecular complexity index is 2160. The summed E-state index contributed by atoms with van der Waals surface area (Å²) in [6.07, 6.45) is 0. The van der Waals surface area contributed by atoms with Gasteiger partial charge in [0.05, 0.1) is 18.0 Å². The number of phenolic OH excluding ortho intramolecular Hbond substituents is 1. The Labute approximate surface area is 238 Å². The zero-order valence-electron chi connectivity index (χ0n) is 21.2. The summed E-state index contributed by atoms with van der Waals surface area (Å²) in [6.45, 7) is -0.672. The number of fused-ring (bicyclic) bond motifs is 2. The molecule has 0 heterocycles. The summed E-state index contributed by atoms with van der Waals surface area (Å²) in [4.78, 5) is -0.670. The first-order valence-electron chi connectivity index (χ1n) is 11.9. The lowest BCUT2D eigenvalue weighted by molar-refractivity contribution is 0.275. The summed E-state index contributed by atoms with van der Waals surface area (Å²) in [5, 5.41) is 48.4. The number of aliphatic hydroxyl groups excluding tert-OH is 1. The van der Waals surface area contributed by atoms with Crippen LogP contribution in [0.25, 0.3) is 21.5 Å². The highest BCUT2D eigenvalue weighted by molar-refractivity contribution is 7.86. The third kappa shape index (κ3) is 5.41. The maximum atomic E-state index is 11.8. The number of benzene rings is 5. The third-order valence-electron chi connectivity index (χ3n) is 6.28. The van der Waals surface area contributed by atoms with Gasteiger partial charge in [-0.2, -0.15) is 16.8 Å². The number of hydrogen-bond donors (Lipinski definition) is 5. The molecule has 13 nitrogen and oxygen atoms in total. The van der Waals surface area contributed by atoms with Gasteiger partial charge in [0, 0.05) is 27.1 Å². The molecule has 0 amide bonds. The highest BCUT2D eigenvalue weighted by Crippen LogP contribution is 2.47. The Morgan fingerprint density at radius 2 is 0.976 bits per heavy atom. The predicted molar refractivity (Wildman–Crippen MR) is 152 cm³/mol. The van der Waals surface area contributed by atoms with Crippen LogP contribution >= 0.6 is 0 Å². The van der Waals surface area contributed by atoms with Crippen LogP contribution in [0.4, 0.5) is 22.7 Å². The molecule has 0 atom stereocenters. The van der Waals surface area contributed by atoms with Gasteiger partial charge in [0.1, 0.15) is 15.5 Å². The smallest absolute Gasteiger partial charge is 0.295 e. The van der Waals surface area contributed by atoms with Crippen LogP contribution < -0.4 is 0 Å². The summed E-state index contributed by atoms with van der Waals surface area (Å²) in [6, 6.07) is 18.5. The second-order valence-electron chi connectivity index (χ2n) is 8.87. The maximum Gasteiger partial charge on any atom is 0.295 e. The number of nitrogens with zero attached hydrogens (tertiary/aromatic N) is 4. The first kappa shape index (κ1) is 28.7. The molecule has 42 heavy (non-hydrogen) atoms. The van der Waals surface area contributed by atoms with Crippen LogP contribution in [0.15, 0.2) is 109 Å². The zero-order valence-corrected chi connectivity index (χ0v) is 22.8. The molecule has 0 aliphatic carbocycles. The van der Waals surface area contributed by atoms with E-state index in [-0.39, 0.29) is 43.2 Å². The minimum absolute atomic E-state index is 0.0751. The summed E-state index contributed by atoms with van der Waals surface area (Å²) in [5.74, 6) is -1.26. The van der Waals surface area contributed by atoms with Crippen molar-refractivity contribution in [3.63, 3.8) is 0 Å². The SMILES string of the molecule is O=S(=O)(O)c1ccc(N=Nc2cc(CO)c(O)c(N=Nc3ccc(S(=O)(=O)O)c4ccccc34)c2O)c2ccccc12. The second kappa shape index (κ2) is 10.9. The fourth-order valence-electron chi connectivity index (χ4n) is 4.33. The van der Waals surface area contributed by atoms with Crippen LogP contribution in [0.5, 0.6) is 11.5 Å². The summed E-state index contributed by atoms with van der Waals surface area (Å²) in [7, 11) is -9.06. The highest BCUT2D eigenvalue weighted by atomic mass is 32.2. The van der Waals surface area contributed by atoms with E-state index >= 15 is 0 Å². The average molecular weight is 609 g/mol. The number of aliphatic hydroxyl groups is 1. The van der Waals surface area contributed by atoms with E-state index in [9.17, 15) is 41.3 Å². The molecule has 15 heteroatoms. The van der Waals surface area contributed by atoms with Crippen LogP contribution in [0, 0.1) is 0 Å². The van der Waals surface area contributed by atoms with E-state index in [0.717, 1.165) is 18.2 Å². The number of phenols is 2. The molecule has 0 saturated carbocycles. The molecule has 0 aromatic heterocycles. The molecule has 0 aliphatic heterocycles. The van der Waals surface area contributed by atoms with Gasteiger partial charge in [-0.1, -0.05) is 48.5 Å². The summed E-state index contributed by atoms with van der Waals surface area (Å²) in [5.41, 5.74) is -0.441. The minimum Gasteiger partial charge on any atom is -0.505 e. The van der Waals surface area contributed by atoms with E-state index in [1.807, 2.05) is 0 Å². The van der Waals surface area contributed by atoms with Crippen LogP contribution in [-0.4, -0.2) is 41.3 Å². The first-order chi connectivity index (χ1) is 19.9. The monoisotopic (exact) mass is 608 g/mol. The quantitative estimate of drug-likeness (QED) is 0.104. The standard InChI is InChI=1S/C27H20N4O9S2/c32-14-15-13-22(30-28-20-9-11-23(41(35,36)37)18-7-3-1-5-16(18)20)27(34)25(26(15)33)31-29-21-10-12-24(42(38,39)40)19-8-4-2-6-17(19)21/h1-13,32-34H,14H2,(H,35,36,37)(H,38,39,40). The van der Waals surface area contributed by atoms with Gasteiger partial charge in [-0.05, 0) is 30.3 Å². The molecule has 0 radical (unpaired) electrons. The van der Waals surface area contributed by atoms with Crippen molar-refractivity contribution >= 4 is 64.5 Å². The van der Waals surface area contributed by atoms with Gasteiger partial charge in [-0.15, -0.1) is 20.5 Å². The van der Waals surface area contributed by atoms with Gasteiger partial charge in [0.15, 0.2) is 17.2 Å². The fraction of sp³-hybridized carbons (Fsp3) is 0.0370. The minimum atomic E-state index is -4.54. The Morgan fingerprint density at radius 3 is 1.43 bits per heavy atom. The molecule has 5 aromatic rings. The first-order valence-corrected chi connectivity index (χ1v) is 14.8. The molecular formula is C27H20N4O9S2. The van der Waals surface area contributed by atoms with Crippen molar-refractivity contribution in [2.45, 2.75) is 16.4 Å². The molecule has 0 spiro atoms. The normalized spacial score (nSPS) is 12.6. The van der Waals surface area contributed by atoms with Gasteiger partial charge < -0.3 is 15.3 Å². The molecule has 0 fully saturated rings. The Hall–Kier alpha value is -4.80. The molecule has 0 aliphatic rings. The third-order valence-corrected chi connectivity index (χ3v) is 8.10. The molecule has 0 unspecified atom stereocenters. The number of azo groups is 2. The van der Waals surface area contributed by atoms with Crippen molar-refractivity contribution in [1.29, 1.82) is 0 Å². The Kier molecular flexibility index (Phi) is 7.44. The lowest BCUT2D eigenvalue weighted by Gasteiger charge is -2.10. The average Bonchev–Trinajstić information content (AvgIpc) is 2.95. The maximum absolute atomic E-state index is 11.8. The van der Waals surface area contributed by atoms with E-state index in [1.165, 1.54) is 24.3 Å². The second-order valence-corrected chi connectivity index (χ2v) is 11.6. The molecular weight excluding hydrogens is 588 g/mol. The summed E-state index contributed by atoms with van der Waals surface area (Å²) < 4.78 is 66.3. The van der Waals surface area contributed by atoms with Crippen LogP contribution in [0.3, 0.4) is 0 Å². The Morgan fingerprint density at radius 1 is 0.548 bits per heavy atom. The lowest BCUT2D eigenvalue weighted by atomic mass is 10.1. The van der Waals surface area contributed by atoms with Crippen molar-refractivity contribution < 1.29 is 41.3 Å². The number of rotatable bonds is 7. The van der Waals surface area contributed by atoms with Gasteiger partial charge in [0.25, 0.3) is 20.2 Å². The molecule has 0 saturated heterocycles. The molecule has 214 valence electrons. The van der Waals surface area contributed by atoms with E-state index in [1.54, 1.807) is 36.4 Å². The topological polar surface area (TPSA) is 219 Å². The van der Waals surface area contributed by atoms with E-state index < -0.39 is 44.0 Å². The summed E-state index contributed by atoms with van der Waals surface area (Å²) >= 11 is 0. The van der Waals surface area contributed by atoms with E-state index in [0.29, 0.717) is 10.8 Å². The predicted octanol–water partition coefficient (Wildman–Crippen LogP) is 6.22. The van der Waals surface area contributed by atoms with Crippen LogP contribution in [0.2, 0.25) is 0 Å². The largest absolute Gasteiger partial charge is 0.505 e. The van der Waals surface area contributed by atoms with Gasteiger partial charge in [-0.3, -0.25) is 9.11 Å². The van der Waals surface area contributed by atoms with Crippen LogP contribution in [-0.2, 0) is 26.8 Å². The lowest BCUT2D eigenvalue weighted by Crippen LogP contribution is -1.98. The van der Waals surface area contributed by atoms with Gasteiger partial charge >= 0.3 is 0 Å². The van der Waals surface area contributed by atoms with Gasteiger partial charge in [-0.25, -0.2) is 0 Å². The van der Waals surface area contributed by atoms with Crippen molar-refractivity contribution in [2.24, 2.45) is 20.5 Å². The van der Waals surface area contributed by atoms with Crippen molar-refractivity contribution in [3.05, 3.63) is 84.4 Å². The Balaban J connectivity index is 1.60. The van der Waals surface area contributed by atoms with Gasteiger partial charge in [0.2, 0.25) is 0 Å². The number of aromatic hydroxyl groups is 2. The molecule has 5 N–H and O–H groups in total. The van der Waals surface area contributed by atoms with Crippen molar-refractivity contribution in [2.75, 3.05) is 0 Å². The molecule has 5 aromatic carbocycles. The fourth-order valence-corrected chi connectivity index (χ4v) is 5.72. The van der Waals surface area contributed by atoms with Crippen molar-refractivity contribution in [1.82, 2.24) is 0 Å². The van der Waals surface area contributed by atoms with Crippen LogP contribution in [0.1, 0.15) is 5.56 Å². The molecule has 5 rings (SSSR count). The van der Waals surface area contributed by atoms with E-state index in [4.69, 9.17) is 0 Å².